The molecular weight excluding hydrogens is 340 g/mol. The number of aromatic nitrogens is 1. The van der Waals surface area contributed by atoms with Crippen LogP contribution in [0.2, 0.25) is 5.15 Å². The number of benzene rings is 2. The average molecular weight is 357 g/mol. The van der Waals surface area contributed by atoms with Gasteiger partial charge in [0.15, 0.2) is 0 Å². The monoisotopic (exact) mass is 356 g/mol. The molecule has 6 nitrogen and oxygen atoms in total. The molecule has 128 valence electrons. The third-order valence-electron chi connectivity index (χ3n) is 3.87. The molecule has 0 atom stereocenters. The van der Waals surface area contributed by atoms with Crippen LogP contribution in [0.15, 0.2) is 53.6 Å². The highest BCUT2D eigenvalue weighted by molar-refractivity contribution is 6.34. The van der Waals surface area contributed by atoms with Crippen molar-refractivity contribution in [3.05, 3.63) is 69.4 Å². The van der Waals surface area contributed by atoms with Gasteiger partial charge >= 0.3 is 0 Å². The summed E-state index contributed by atoms with van der Waals surface area (Å²) in [4.78, 5) is 10.6. The van der Waals surface area contributed by atoms with Gasteiger partial charge in [0.05, 0.1) is 11.1 Å². The first-order chi connectivity index (χ1) is 12.1. The second kappa shape index (κ2) is 7.36. The van der Waals surface area contributed by atoms with E-state index in [2.05, 4.69) is 17.5 Å². The van der Waals surface area contributed by atoms with E-state index in [4.69, 9.17) is 11.6 Å². The third kappa shape index (κ3) is 3.34. The number of nitro groups is 1. The van der Waals surface area contributed by atoms with Crippen LogP contribution in [0.3, 0.4) is 0 Å². The maximum atomic E-state index is 11.0. The molecule has 0 aliphatic rings. The maximum absolute atomic E-state index is 11.0. The minimum absolute atomic E-state index is 0.0286. The predicted octanol–water partition coefficient (Wildman–Crippen LogP) is 5.06. The maximum Gasteiger partial charge on any atom is 0.294 e. The number of halogens is 1. The largest absolute Gasteiger partial charge is 0.331 e. The molecule has 0 amide bonds. The summed E-state index contributed by atoms with van der Waals surface area (Å²) < 4.78 is 2.04. The van der Waals surface area contributed by atoms with Crippen molar-refractivity contribution >= 4 is 40.1 Å². The van der Waals surface area contributed by atoms with Crippen LogP contribution in [0.1, 0.15) is 18.9 Å². The van der Waals surface area contributed by atoms with Gasteiger partial charge in [0, 0.05) is 29.1 Å². The Morgan fingerprint density at radius 2 is 1.96 bits per heavy atom. The van der Waals surface area contributed by atoms with Crippen molar-refractivity contribution in [3.63, 3.8) is 0 Å². The number of para-hydroxylation sites is 3. The SMILES string of the molecule is CCCn1c(Cl)c(/C=N/Nc2ccccc2[N+](=O)[O-])c2ccccc21. The lowest BCUT2D eigenvalue weighted by atomic mass is 10.2. The fraction of sp³-hybridized carbons (Fsp3) is 0.167. The van der Waals surface area contributed by atoms with Gasteiger partial charge < -0.3 is 4.57 Å². The minimum Gasteiger partial charge on any atom is -0.331 e. The fourth-order valence-corrected chi connectivity index (χ4v) is 3.08. The summed E-state index contributed by atoms with van der Waals surface area (Å²) in [6, 6.07) is 14.3. The molecule has 0 saturated carbocycles. The highest BCUT2D eigenvalue weighted by Gasteiger charge is 2.14. The minimum atomic E-state index is -0.446. The van der Waals surface area contributed by atoms with Crippen LogP contribution >= 0.6 is 11.6 Å². The molecule has 0 radical (unpaired) electrons. The highest BCUT2D eigenvalue weighted by atomic mass is 35.5. The molecular formula is C18H17ClN4O2. The number of hydrogen-bond donors (Lipinski definition) is 1. The molecule has 0 aliphatic carbocycles. The van der Waals surface area contributed by atoms with Crippen molar-refractivity contribution in [1.82, 2.24) is 4.57 Å². The molecule has 1 N–H and O–H groups in total. The van der Waals surface area contributed by atoms with Crippen molar-refractivity contribution in [3.8, 4) is 0 Å². The summed E-state index contributed by atoms with van der Waals surface area (Å²) in [5, 5.41) is 16.8. The number of nitrogens with zero attached hydrogens (tertiary/aromatic N) is 3. The number of fused-ring (bicyclic) bond motifs is 1. The number of nitro benzene ring substituents is 1. The summed E-state index contributed by atoms with van der Waals surface area (Å²) >= 11 is 6.53. The standard InChI is InChI=1S/C18H17ClN4O2/c1-2-11-22-16-9-5-3-7-13(16)14(18(22)19)12-20-21-15-8-4-6-10-17(15)23(24)25/h3-10,12,21H,2,11H2,1H3/b20-12+. The van der Waals surface area contributed by atoms with Crippen LogP contribution in [0.5, 0.6) is 0 Å². The van der Waals surface area contributed by atoms with Crippen LogP contribution in [-0.2, 0) is 6.54 Å². The third-order valence-corrected chi connectivity index (χ3v) is 4.28. The van der Waals surface area contributed by atoms with E-state index >= 15 is 0 Å². The molecule has 0 aliphatic heterocycles. The quantitative estimate of drug-likeness (QED) is 0.381. The lowest BCUT2D eigenvalue weighted by molar-refractivity contribution is -0.384. The van der Waals surface area contributed by atoms with Gasteiger partial charge in [-0.1, -0.05) is 48.9 Å². The summed E-state index contributed by atoms with van der Waals surface area (Å²) in [6.45, 7) is 2.90. The Bertz CT molecular complexity index is 949. The lowest BCUT2D eigenvalue weighted by Crippen LogP contribution is -1.98. The van der Waals surface area contributed by atoms with Gasteiger partial charge in [-0.05, 0) is 18.6 Å². The lowest BCUT2D eigenvalue weighted by Gasteiger charge is -2.04. The number of hydrazone groups is 1. The van der Waals surface area contributed by atoms with Gasteiger partial charge in [-0.25, -0.2) is 0 Å². The molecule has 0 unspecified atom stereocenters. The van der Waals surface area contributed by atoms with Gasteiger partial charge in [-0.15, -0.1) is 0 Å². The van der Waals surface area contributed by atoms with Crippen molar-refractivity contribution in [1.29, 1.82) is 0 Å². The Morgan fingerprint density at radius 3 is 2.72 bits per heavy atom. The van der Waals surface area contributed by atoms with E-state index in [1.165, 1.54) is 6.07 Å². The van der Waals surface area contributed by atoms with Gasteiger partial charge in [0.25, 0.3) is 5.69 Å². The Balaban J connectivity index is 1.95. The topological polar surface area (TPSA) is 72.5 Å². The summed E-state index contributed by atoms with van der Waals surface area (Å²) in [5.41, 5.74) is 4.87. The van der Waals surface area contributed by atoms with Crippen molar-refractivity contribution < 1.29 is 4.92 Å². The molecule has 0 fully saturated rings. The first kappa shape index (κ1) is 17.0. The van der Waals surface area contributed by atoms with E-state index in [0.29, 0.717) is 10.8 Å². The Hall–Kier alpha value is -2.86. The zero-order chi connectivity index (χ0) is 17.8. The van der Waals surface area contributed by atoms with Crippen molar-refractivity contribution in [2.75, 3.05) is 5.43 Å². The van der Waals surface area contributed by atoms with Crippen LogP contribution in [-0.4, -0.2) is 15.7 Å². The molecule has 3 rings (SSSR count). The molecule has 0 bridgehead atoms. The van der Waals surface area contributed by atoms with Gasteiger partial charge in [-0.3, -0.25) is 15.5 Å². The highest BCUT2D eigenvalue weighted by Crippen LogP contribution is 2.29. The fourth-order valence-electron chi connectivity index (χ4n) is 2.76. The Morgan fingerprint density at radius 1 is 1.24 bits per heavy atom. The van der Waals surface area contributed by atoms with E-state index in [-0.39, 0.29) is 5.69 Å². The molecule has 2 aromatic carbocycles. The first-order valence-electron chi connectivity index (χ1n) is 7.92. The van der Waals surface area contributed by atoms with E-state index in [0.717, 1.165) is 29.4 Å². The smallest absolute Gasteiger partial charge is 0.294 e. The van der Waals surface area contributed by atoms with Gasteiger partial charge in [0.1, 0.15) is 10.8 Å². The van der Waals surface area contributed by atoms with Gasteiger partial charge in [-0.2, -0.15) is 5.10 Å². The Kier molecular flexibility index (Phi) is 5.00. The van der Waals surface area contributed by atoms with Gasteiger partial charge in [0.2, 0.25) is 0 Å². The number of aryl methyl sites for hydroxylation is 1. The summed E-state index contributed by atoms with van der Waals surface area (Å²) in [6.07, 6.45) is 2.57. The second-order valence-electron chi connectivity index (χ2n) is 5.52. The van der Waals surface area contributed by atoms with E-state index in [9.17, 15) is 10.1 Å². The number of rotatable bonds is 6. The molecule has 3 aromatic rings. The molecule has 7 heteroatoms. The van der Waals surface area contributed by atoms with Crippen LogP contribution in [0.4, 0.5) is 11.4 Å². The zero-order valence-electron chi connectivity index (χ0n) is 13.6. The van der Waals surface area contributed by atoms with Crippen LogP contribution in [0, 0.1) is 10.1 Å². The van der Waals surface area contributed by atoms with Crippen LogP contribution in [0.25, 0.3) is 10.9 Å². The van der Waals surface area contributed by atoms with E-state index < -0.39 is 4.92 Å². The van der Waals surface area contributed by atoms with Crippen molar-refractivity contribution in [2.24, 2.45) is 5.10 Å². The zero-order valence-corrected chi connectivity index (χ0v) is 14.4. The first-order valence-corrected chi connectivity index (χ1v) is 8.30. The summed E-state index contributed by atoms with van der Waals surface area (Å²) in [7, 11) is 0. The Labute approximate surface area is 149 Å². The number of nitrogens with one attached hydrogen (secondary N) is 1. The molecule has 25 heavy (non-hydrogen) atoms. The average Bonchev–Trinajstić information content (AvgIpc) is 2.88. The number of hydrogen-bond acceptors (Lipinski definition) is 4. The van der Waals surface area contributed by atoms with Crippen LogP contribution < -0.4 is 5.43 Å². The van der Waals surface area contributed by atoms with Crippen molar-refractivity contribution in [2.45, 2.75) is 19.9 Å². The molecule has 0 spiro atoms. The molecule has 1 heterocycles. The second-order valence-corrected chi connectivity index (χ2v) is 5.88. The van der Waals surface area contributed by atoms with E-state index in [1.807, 2.05) is 28.8 Å². The normalized spacial score (nSPS) is 11.3. The number of anilines is 1. The van der Waals surface area contributed by atoms with E-state index in [1.54, 1.807) is 24.4 Å². The summed E-state index contributed by atoms with van der Waals surface area (Å²) in [5.74, 6) is 0. The molecule has 1 aromatic heterocycles. The predicted molar refractivity (Wildman–Crippen MR) is 102 cm³/mol. The molecule has 0 saturated heterocycles.